The highest BCUT2D eigenvalue weighted by Crippen LogP contribution is 2.28. The number of ether oxygens (including phenoxy) is 1. The van der Waals surface area contributed by atoms with Crippen LogP contribution in [0.2, 0.25) is 0 Å². The van der Waals surface area contributed by atoms with E-state index in [9.17, 15) is 24.3 Å². The van der Waals surface area contributed by atoms with E-state index < -0.39 is 23.6 Å². The van der Waals surface area contributed by atoms with Crippen LogP contribution in [-0.2, 0) is 33.6 Å². The summed E-state index contributed by atoms with van der Waals surface area (Å²) in [5.41, 5.74) is 3.35. The van der Waals surface area contributed by atoms with Crippen LogP contribution in [0.25, 0.3) is 0 Å². The fraction of sp³-hybridized carbons (Fsp3) is 0.500. The highest BCUT2D eigenvalue weighted by atomic mass is 16.6. The monoisotopic (exact) mass is 563 g/mol. The molecule has 0 saturated carbocycles. The molecule has 2 aliphatic rings. The summed E-state index contributed by atoms with van der Waals surface area (Å²) >= 11 is 0. The van der Waals surface area contributed by atoms with E-state index in [2.05, 4.69) is 10.6 Å². The SMILES string of the molecule is CC(C)(C)OC(=O)NC1CCc2cc(C(=O)NC[C@@H]3C[C@@H](CC(=O)O)C(=O)N3CCCc3ccccc3)ccc2C1. The van der Waals surface area contributed by atoms with Crippen LogP contribution < -0.4 is 10.6 Å². The molecule has 2 aromatic carbocycles. The van der Waals surface area contributed by atoms with Crippen LogP contribution in [0.1, 0.15) is 73.5 Å². The largest absolute Gasteiger partial charge is 0.481 e. The molecule has 9 heteroatoms. The first-order valence-corrected chi connectivity index (χ1v) is 14.4. The number of likely N-dealkylation sites (tertiary alicyclic amines) is 1. The first-order chi connectivity index (χ1) is 19.5. The Hall–Kier alpha value is -3.88. The molecule has 0 bridgehead atoms. The second-order valence-electron chi connectivity index (χ2n) is 12.1. The summed E-state index contributed by atoms with van der Waals surface area (Å²) in [5, 5.41) is 15.2. The topological polar surface area (TPSA) is 125 Å². The Morgan fingerprint density at radius 2 is 1.83 bits per heavy atom. The molecule has 3 atom stereocenters. The number of amides is 3. The lowest BCUT2D eigenvalue weighted by molar-refractivity contribution is -0.142. The maximum absolute atomic E-state index is 13.1. The molecule has 1 saturated heterocycles. The molecule has 4 rings (SSSR count). The van der Waals surface area contributed by atoms with Gasteiger partial charge in [0.2, 0.25) is 5.91 Å². The Kier molecular flexibility index (Phi) is 9.68. The van der Waals surface area contributed by atoms with Gasteiger partial charge in [-0.1, -0.05) is 36.4 Å². The number of nitrogens with one attached hydrogen (secondary N) is 2. The van der Waals surface area contributed by atoms with Gasteiger partial charge in [0, 0.05) is 30.7 Å². The number of aryl methyl sites for hydroxylation is 2. The van der Waals surface area contributed by atoms with Gasteiger partial charge in [0.05, 0.1) is 12.3 Å². The molecule has 0 aromatic heterocycles. The highest BCUT2D eigenvalue weighted by molar-refractivity contribution is 5.94. The van der Waals surface area contributed by atoms with Crippen LogP contribution in [-0.4, -0.2) is 64.7 Å². The molecular weight excluding hydrogens is 522 g/mol. The fourth-order valence-electron chi connectivity index (χ4n) is 5.74. The lowest BCUT2D eigenvalue weighted by atomic mass is 9.87. The second kappa shape index (κ2) is 13.2. The Bertz CT molecular complexity index is 1260. The molecule has 9 nitrogen and oxygen atoms in total. The minimum atomic E-state index is -0.991. The van der Waals surface area contributed by atoms with E-state index in [1.54, 1.807) is 11.0 Å². The number of carboxylic acids is 1. The summed E-state index contributed by atoms with van der Waals surface area (Å²) in [6, 6.07) is 15.4. The molecule has 0 spiro atoms. The van der Waals surface area contributed by atoms with Crippen molar-refractivity contribution in [3.8, 4) is 0 Å². The van der Waals surface area contributed by atoms with Gasteiger partial charge in [-0.3, -0.25) is 14.4 Å². The van der Waals surface area contributed by atoms with Gasteiger partial charge in [0.15, 0.2) is 0 Å². The fourth-order valence-corrected chi connectivity index (χ4v) is 5.74. The Morgan fingerprint density at radius 3 is 2.54 bits per heavy atom. The third kappa shape index (κ3) is 8.55. The van der Waals surface area contributed by atoms with E-state index in [0.29, 0.717) is 24.9 Å². The molecule has 41 heavy (non-hydrogen) atoms. The van der Waals surface area contributed by atoms with Crippen LogP contribution in [0.3, 0.4) is 0 Å². The first-order valence-electron chi connectivity index (χ1n) is 14.4. The van der Waals surface area contributed by atoms with Gasteiger partial charge < -0.3 is 25.4 Å². The van der Waals surface area contributed by atoms with Crippen LogP contribution >= 0.6 is 0 Å². The zero-order valence-electron chi connectivity index (χ0n) is 24.2. The van der Waals surface area contributed by atoms with Gasteiger partial charge in [-0.05, 0) is 88.1 Å². The number of hydrogen-bond acceptors (Lipinski definition) is 5. The lowest BCUT2D eigenvalue weighted by Gasteiger charge is -2.28. The molecule has 1 unspecified atom stereocenters. The zero-order valence-corrected chi connectivity index (χ0v) is 24.2. The van der Waals surface area contributed by atoms with Gasteiger partial charge >= 0.3 is 12.1 Å². The molecule has 2 aromatic rings. The van der Waals surface area contributed by atoms with Crippen LogP contribution in [0, 0.1) is 5.92 Å². The number of fused-ring (bicyclic) bond motifs is 1. The van der Waals surface area contributed by atoms with Crippen molar-refractivity contribution in [3.05, 3.63) is 70.8 Å². The van der Waals surface area contributed by atoms with Crippen molar-refractivity contribution >= 4 is 23.9 Å². The van der Waals surface area contributed by atoms with Crippen molar-refractivity contribution in [2.75, 3.05) is 13.1 Å². The minimum Gasteiger partial charge on any atom is -0.481 e. The van der Waals surface area contributed by atoms with Gasteiger partial charge in [0.1, 0.15) is 5.60 Å². The highest BCUT2D eigenvalue weighted by Gasteiger charge is 2.40. The van der Waals surface area contributed by atoms with Crippen LogP contribution in [0.4, 0.5) is 4.79 Å². The first kappa shape index (κ1) is 30.1. The number of rotatable bonds is 10. The Balaban J connectivity index is 1.33. The molecule has 1 heterocycles. The molecule has 1 fully saturated rings. The standard InChI is InChI=1S/C32H41N3O6/c1-32(2,3)41-31(40)34-26-14-13-22-16-24(12-11-23(22)17-26)29(38)33-20-27-18-25(19-28(36)37)30(39)35(27)15-7-10-21-8-5-4-6-9-21/h4-6,8-9,11-12,16,25-27H,7,10,13-15,17-20H2,1-3H3,(H,33,38)(H,34,40)(H,36,37)/t25-,26?,27-/m0/s1. The Labute approximate surface area is 241 Å². The number of hydrogen-bond donors (Lipinski definition) is 3. The predicted octanol–water partition coefficient (Wildman–Crippen LogP) is 4.12. The molecule has 1 aliphatic carbocycles. The van der Waals surface area contributed by atoms with Crippen molar-refractivity contribution < 1.29 is 29.0 Å². The summed E-state index contributed by atoms with van der Waals surface area (Å²) in [4.78, 5) is 51.4. The maximum atomic E-state index is 13.1. The number of nitrogens with zero attached hydrogens (tertiary/aromatic N) is 1. The molecule has 3 N–H and O–H groups in total. The molecule has 1 aliphatic heterocycles. The van der Waals surface area contributed by atoms with Crippen molar-refractivity contribution in [2.45, 2.75) is 83.4 Å². The van der Waals surface area contributed by atoms with Crippen molar-refractivity contribution in [1.29, 1.82) is 0 Å². The third-order valence-electron chi connectivity index (χ3n) is 7.67. The number of carbonyl (C=O) groups is 4. The smallest absolute Gasteiger partial charge is 0.407 e. The summed E-state index contributed by atoms with van der Waals surface area (Å²) in [6.45, 7) is 6.28. The zero-order chi connectivity index (χ0) is 29.6. The number of benzene rings is 2. The number of carbonyl (C=O) groups excluding carboxylic acids is 3. The average Bonchev–Trinajstić information content (AvgIpc) is 3.19. The average molecular weight is 564 g/mol. The molecule has 3 amide bonds. The van der Waals surface area contributed by atoms with Crippen LogP contribution in [0.5, 0.6) is 0 Å². The van der Waals surface area contributed by atoms with E-state index >= 15 is 0 Å². The summed E-state index contributed by atoms with van der Waals surface area (Å²) in [6.07, 6.45) is 3.52. The van der Waals surface area contributed by atoms with Crippen molar-refractivity contribution in [2.24, 2.45) is 5.92 Å². The van der Waals surface area contributed by atoms with Gasteiger partial charge in [-0.15, -0.1) is 0 Å². The quantitative estimate of drug-likeness (QED) is 0.399. The number of carboxylic acid groups (broad SMARTS) is 1. The van der Waals surface area contributed by atoms with E-state index in [1.807, 2.05) is 63.2 Å². The Morgan fingerprint density at radius 1 is 1.07 bits per heavy atom. The molecule has 220 valence electrons. The van der Waals surface area contributed by atoms with E-state index in [-0.39, 0.29) is 36.9 Å². The third-order valence-corrected chi connectivity index (χ3v) is 7.67. The maximum Gasteiger partial charge on any atom is 0.407 e. The molecule has 0 radical (unpaired) electrons. The predicted molar refractivity (Wildman–Crippen MR) is 155 cm³/mol. The number of alkyl carbamates (subject to hydrolysis) is 1. The van der Waals surface area contributed by atoms with Gasteiger partial charge in [0.25, 0.3) is 5.91 Å². The summed E-state index contributed by atoms with van der Waals surface area (Å²) in [7, 11) is 0. The van der Waals surface area contributed by atoms with E-state index in [0.717, 1.165) is 36.8 Å². The lowest BCUT2D eigenvalue weighted by Crippen LogP contribution is -2.42. The van der Waals surface area contributed by atoms with Crippen molar-refractivity contribution in [1.82, 2.24) is 15.5 Å². The summed E-state index contributed by atoms with van der Waals surface area (Å²) < 4.78 is 5.37. The second-order valence-corrected chi connectivity index (χ2v) is 12.1. The van der Waals surface area contributed by atoms with Crippen LogP contribution in [0.15, 0.2) is 48.5 Å². The van der Waals surface area contributed by atoms with E-state index in [4.69, 9.17) is 4.74 Å². The minimum absolute atomic E-state index is 0.0245. The van der Waals surface area contributed by atoms with E-state index in [1.165, 1.54) is 5.56 Å². The normalized spacial score (nSPS) is 20.3. The number of aliphatic carboxylic acids is 1. The summed E-state index contributed by atoms with van der Waals surface area (Å²) in [5.74, 6) is -1.94. The van der Waals surface area contributed by atoms with Crippen molar-refractivity contribution in [3.63, 3.8) is 0 Å². The van der Waals surface area contributed by atoms with Gasteiger partial charge in [-0.25, -0.2) is 4.79 Å². The molecular formula is C32H41N3O6. The van der Waals surface area contributed by atoms with Gasteiger partial charge in [-0.2, -0.15) is 0 Å².